The third kappa shape index (κ3) is 8.79. The molecule has 0 fully saturated rings. The van der Waals surface area contributed by atoms with Crippen molar-refractivity contribution in [1.82, 2.24) is 10.2 Å². The van der Waals surface area contributed by atoms with Gasteiger partial charge in [-0.3, -0.25) is 0 Å². The van der Waals surface area contributed by atoms with E-state index in [-0.39, 0.29) is 6.09 Å². The molecule has 1 aromatic carbocycles. The van der Waals surface area contributed by atoms with Crippen LogP contribution in [-0.4, -0.2) is 36.1 Å². The molecule has 25 heavy (non-hydrogen) atoms. The van der Waals surface area contributed by atoms with E-state index in [1.807, 2.05) is 52.0 Å². The van der Waals surface area contributed by atoms with Gasteiger partial charge in [0.2, 0.25) is 0 Å². The van der Waals surface area contributed by atoms with Gasteiger partial charge in [-0.15, -0.1) is 0 Å². The van der Waals surface area contributed by atoms with E-state index in [2.05, 4.69) is 16.9 Å². The normalized spacial score (nSPS) is 11.8. The smallest absolute Gasteiger partial charge is 0.410 e. The lowest BCUT2D eigenvalue weighted by Crippen LogP contribution is -2.33. The Morgan fingerprint density at radius 2 is 1.84 bits per heavy atom. The Labute approximate surface area is 150 Å². The highest BCUT2D eigenvalue weighted by molar-refractivity contribution is 5.78. The van der Waals surface area contributed by atoms with Crippen LogP contribution in [0.15, 0.2) is 41.4 Å². The van der Waals surface area contributed by atoms with Gasteiger partial charge in [0, 0.05) is 20.1 Å². The molecule has 0 aromatic heterocycles. The lowest BCUT2D eigenvalue weighted by Gasteiger charge is -2.24. The molecule has 3 N–H and O–H groups in total. The maximum Gasteiger partial charge on any atom is 0.410 e. The van der Waals surface area contributed by atoms with E-state index in [0.29, 0.717) is 25.6 Å². The number of hydrogen-bond donors (Lipinski definition) is 2. The number of hydrogen-bond acceptors (Lipinski definition) is 3. The summed E-state index contributed by atoms with van der Waals surface area (Å²) in [4.78, 5) is 17.8. The number of benzene rings is 1. The predicted octanol–water partition coefficient (Wildman–Crippen LogP) is 3.03. The third-order valence-electron chi connectivity index (χ3n) is 3.15. The fourth-order valence-corrected chi connectivity index (χ4v) is 1.90. The number of nitrogens with one attached hydrogen (secondary N) is 1. The van der Waals surface area contributed by atoms with Crippen molar-refractivity contribution >= 4 is 12.1 Å². The summed E-state index contributed by atoms with van der Waals surface area (Å²) >= 11 is 0. The van der Waals surface area contributed by atoms with Gasteiger partial charge in [-0.2, -0.15) is 0 Å². The summed E-state index contributed by atoms with van der Waals surface area (Å²) in [7, 11) is 1.72. The Kier molecular flexibility index (Phi) is 7.48. The molecule has 0 spiro atoms. The van der Waals surface area contributed by atoms with Gasteiger partial charge in [0.25, 0.3) is 0 Å². The molecule has 6 nitrogen and oxygen atoms in total. The van der Waals surface area contributed by atoms with Crippen LogP contribution in [-0.2, 0) is 17.8 Å². The number of rotatable bonds is 6. The molecule has 0 aliphatic rings. The molecule has 0 saturated heterocycles. The molecule has 0 aliphatic heterocycles. The van der Waals surface area contributed by atoms with Gasteiger partial charge in [-0.25, -0.2) is 9.79 Å². The summed E-state index contributed by atoms with van der Waals surface area (Å²) in [6.45, 7) is 12.9. The first-order valence-electron chi connectivity index (χ1n) is 8.27. The highest BCUT2D eigenvalue weighted by Gasteiger charge is 2.19. The summed E-state index contributed by atoms with van der Waals surface area (Å²) in [6, 6.07) is 7.91. The van der Waals surface area contributed by atoms with E-state index in [9.17, 15) is 4.79 Å². The second-order valence-corrected chi connectivity index (χ2v) is 7.17. The van der Waals surface area contributed by atoms with Crippen LogP contribution in [0.1, 0.15) is 38.8 Å². The lowest BCUT2D eigenvalue weighted by atomic mass is 10.1. The number of carbonyl (C=O) groups is 1. The second-order valence-electron chi connectivity index (χ2n) is 7.17. The van der Waals surface area contributed by atoms with Crippen LogP contribution in [0.5, 0.6) is 0 Å². The molecule has 0 bridgehead atoms. The van der Waals surface area contributed by atoms with Crippen molar-refractivity contribution < 1.29 is 9.53 Å². The van der Waals surface area contributed by atoms with E-state index in [1.54, 1.807) is 11.9 Å². The number of guanidine groups is 1. The molecule has 0 saturated carbocycles. The summed E-state index contributed by atoms with van der Waals surface area (Å²) < 4.78 is 5.34. The third-order valence-corrected chi connectivity index (χ3v) is 3.15. The topological polar surface area (TPSA) is 80.0 Å². The van der Waals surface area contributed by atoms with E-state index in [0.717, 1.165) is 16.7 Å². The van der Waals surface area contributed by atoms with Crippen LogP contribution >= 0.6 is 0 Å². The van der Waals surface area contributed by atoms with Gasteiger partial charge in [0.1, 0.15) is 5.60 Å². The number of aliphatic imine (C=N–C) groups is 1. The van der Waals surface area contributed by atoms with Crippen LogP contribution in [0.2, 0.25) is 0 Å². The molecule has 0 aliphatic carbocycles. The van der Waals surface area contributed by atoms with E-state index >= 15 is 0 Å². The largest absolute Gasteiger partial charge is 0.444 e. The van der Waals surface area contributed by atoms with E-state index in [1.165, 1.54) is 0 Å². The summed E-state index contributed by atoms with van der Waals surface area (Å²) in [6.07, 6.45) is -0.336. The molecule has 138 valence electrons. The first-order chi connectivity index (χ1) is 11.6. The van der Waals surface area contributed by atoms with Crippen molar-refractivity contribution in [3.63, 3.8) is 0 Å². The number of nitrogens with zero attached hydrogens (tertiary/aromatic N) is 2. The van der Waals surface area contributed by atoms with E-state index < -0.39 is 5.60 Å². The number of ether oxygens (including phenoxy) is 1. The average molecular weight is 346 g/mol. The van der Waals surface area contributed by atoms with Crippen LogP contribution < -0.4 is 11.1 Å². The van der Waals surface area contributed by atoms with Gasteiger partial charge in [-0.1, -0.05) is 36.4 Å². The zero-order valence-electron chi connectivity index (χ0n) is 15.9. The number of carbonyl (C=O) groups excluding carboxylic acids is 1. The van der Waals surface area contributed by atoms with Crippen molar-refractivity contribution in [3.05, 3.63) is 47.5 Å². The van der Waals surface area contributed by atoms with E-state index in [4.69, 9.17) is 10.5 Å². The van der Waals surface area contributed by atoms with Crippen molar-refractivity contribution in [3.8, 4) is 0 Å². The van der Waals surface area contributed by atoms with Crippen LogP contribution in [0, 0.1) is 0 Å². The Balaban J connectivity index is 2.54. The zero-order valence-corrected chi connectivity index (χ0v) is 15.9. The molecular formula is C19H30N4O2. The minimum Gasteiger partial charge on any atom is -0.444 e. The monoisotopic (exact) mass is 346 g/mol. The molecule has 0 atom stereocenters. The molecule has 1 rings (SSSR count). The van der Waals surface area contributed by atoms with Crippen molar-refractivity contribution in [2.45, 2.75) is 46.4 Å². The molecule has 6 heteroatoms. The minimum atomic E-state index is -0.495. The highest BCUT2D eigenvalue weighted by Crippen LogP contribution is 2.12. The maximum absolute atomic E-state index is 12.0. The molecule has 0 heterocycles. The van der Waals surface area contributed by atoms with Crippen molar-refractivity contribution in [2.75, 3.05) is 13.6 Å². The van der Waals surface area contributed by atoms with Crippen LogP contribution in [0.3, 0.4) is 0 Å². The lowest BCUT2D eigenvalue weighted by molar-refractivity contribution is 0.0285. The Morgan fingerprint density at radius 3 is 2.36 bits per heavy atom. The SMILES string of the molecule is C=C(C)CNC(N)=NCc1ccc(CN(C)C(=O)OC(C)(C)C)cc1. The maximum atomic E-state index is 12.0. The second kappa shape index (κ2) is 9.11. The van der Waals surface area contributed by atoms with Gasteiger partial charge < -0.3 is 20.7 Å². The molecular weight excluding hydrogens is 316 g/mol. The van der Waals surface area contributed by atoms with Gasteiger partial charge in [0.15, 0.2) is 5.96 Å². The van der Waals surface area contributed by atoms with Gasteiger partial charge >= 0.3 is 6.09 Å². The predicted molar refractivity (Wildman–Crippen MR) is 102 cm³/mol. The molecule has 1 aromatic rings. The molecule has 0 unspecified atom stereocenters. The average Bonchev–Trinajstić information content (AvgIpc) is 2.50. The Bertz CT molecular complexity index is 615. The first-order valence-corrected chi connectivity index (χ1v) is 8.27. The van der Waals surface area contributed by atoms with Gasteiger partial charge in [0.05, 0.1) is 6.54 Å². The van der Waals surface area contributed by atoms with Gasteiger partial charge in [-0.05, 0) is 38.8 Å². The Hall–Kier alpha value is -2.50. The van der Waals surface area contributed by atoms with Crippen molar-refractivity contribution in [2.24, 2.45) is 10.7 Å². The fourth-order valence-electron chi connectivity index (χ4n) is 1.90. The summed E-state index contributed by atoms with van der Waals surface area (Å²) in [5.41, 5.74) is 8.36. The molecule has 0 radical (unpaired) electrons. The van der Waals surface area contributed by atoms with Crippen LogP contribution in [0.25, 0.3) is 0 Å². The fraction of sp³-hybridized carbons (Fsp3) is 0.474. The number of nitrogens with two attached hydrogens (primary N) is 1. The van der Waals surface area contributed by atoms with Crippen molar-refractivity contribution in [1.29, 1.82) is 0 Å². The number of amides is 1. The zero-order chi connectivity index (χ0) is 19.0. The first kappa shape index (κ1) is 20.5. The molecule has 1 amide bonds. The Morgan fingerprint density at radius 1 is 1.28 bits per heavy atom. The van der Waals surface area contributed by atoms with Crippen LogP contribution in [0.4, 0.5) is 4.79 Å². The summed E-state index contributed by atoms with van der Waals surface area (Å²) in [5.74, 6) is 0.400. The highest BCUT2D eigenvalue weighted by atomic mass is 16.6. The minimum absolute atomic E-state index is 0.336. The summed E-state index contributed by atoms with van der Waals surface area (Å²) in [5, 5.41) is 2.99. The quantitative estimate of drug-likeness (QED) is 0.471. The standard InChI is InChI=1S/C19H30N4O2/c1-14(2)11-21-17(20)22-12-15-7-9-16(10-8-15)13-23(6)18(24)25-19(3,4)5/h7-10H,1,11-13H2,2-6H3,(H3,20,21,22).